The number of carbonyl (C=O) groups excluding carboxylic acids is 1. The average Bonchev–Trinajstić information content (AvgIpc) is 3.10. The number of aromatic nitrogens is 2. The summed E-state index contributed by atoms with van der Waals surface area (Å²) < 4.78 is 39.8. The smallest absolute Gasteiger partial charge is 0.416 e. The van der Waals surface area contributed by atoms with Crippen molar-refractivity contribution in [2.24, 2.45) is 11.8 Å². The molecular formula is C18H18F3N3O3. The molecule has 1 aliphatic rings. The summed E-state index contributed by atoms with van der Waals surface area (Å²) in [4.78, 5) is 25.3. The van der Waals surface area contributed by atoms with Crippen LogP contribution in [0.5, 0.6) is 0 Å². The summed E-state index contributed by atoms with van der Waals surface area (Å²) in [6.07, 6.45) is -2.68. The highest BCUT2D eigenvalue weighted by atomic mass is 19.4. The number of piperidine rings is 1. The number of nitrogens with zero attached hydrogens (tertiary/aromatic N) is 3. The van der Waals surface area contributed by atoms with Crippen molar-refractivity contribution >= 4 is 11.9 Å². The first-order chi connectivity index (χ1) is 12.7. The quantitative estimate of drug-likeness (QED) is 0.887. The largest absolute Gasteiger partial charge is 0.481 e. The molecule has 1 aliphatic heterocycles. The number of aliphatic carboxylic acids is 1. The number of benzene rings is 1. The molecule has 2 atom stereocenters. The summed E-state index contributed by atoms with van der Waals surface area (Å²) in [5.74, 6) is -1.91. The first-order valence-corrected chi connectivity index (χ1v) is 8.42. The Hall–Kier alpha value is -2.84. The third kappa shape index (κ3) is 3.96. The van der Waals surface area contributed by atoms with Crippen LogP contribution in [-0.4, -0.2) is 44.8 Å². The number of carboxylic acids is 1. The van der Waals surface area contributed by atoms with Crippen LogP contribution in [0.4, 0.5) is 13.2 Å². The second-order valence-corrected chi connectivity index (χ2v) is 6.66. The number of hydrogen-bond acceptors (Lipinski definition) is 3. The van der Waals surface area contributed by atoms with E-state index >= 15 is 0 Å². The number of amides is 1. The molecule has 1 aromatic carbocycles. The van der Waals surface area contributed by atoms with Crippen LogP contribution in [0, 0.1) is 11.8 Å². The van der Waals surface area contributed by atoms with Gasteiger partial charge in [-0.15, -0.1) is 0 Å². The molecule has 0 bridgehead atoms. The van der Waals surface area contributed by atoms with Crippen LogP contribution < -0.4 is 0 Å². The van der Waals surface area contributed by atoms with E-state index in [2.05, 4.69) is 5.10 Å². The Morgan fingerprint density at radius 3 is 2.63 bits per heavy atom. The molecule has 0 saturated carbocycles. The molecule has 0 radical (unpaired) electrons. The van der Waals surface area contributed by atoms with Gasteiger partial charge >= 0.3 is 12.1 Å². The summed E-state index contributed by atoms with van der Waals surface area (Å²) in [5, 5.41) is 13.3. The summed E-state index contributed by atoms with van der Waals surface area (Å²) in [6, 6.07) is 6.11. The van der Waals surface area contributed by atoms with Gasteiger partial charge in [0, 0.05) is 19.3 Å². The minimum Gasteiger partial charge on any atom is -0.481 e. The van der Waals surface area contributed by atoms with Crippen LogP contribution >= 0.6 is 0 Å². The van der Waals surface area contributed by atoms with E-state index in [4.69, 9.17) is 5.11 Å². The van der Waals surface area contributed by atoms with Crippen LogP contribution in [0.3, 0.4) is 0 Å². The van der Waals surface area contributed by atoms with Crippen molar-refractivity contribution in [2.75, 3.05) is 13.1 Å². The Labute approximate surface area is 153 Å². The lowest BCUT2D eigenvalue weighted by Gasteiger charge is -2.34. The molecule has 27 heavy (non-hydrogen) atoms. The molecule has 9 heteroatoms. The Bertz CT molecular complexity index is 863. The molecule has 1 saturated heterocycles. The summed E-state index contributed by atoms with van der Waals surface area (Å²) in [7, 11) is 0. The average molecular weight is 381 g/mol. The fourth-order valence-electron chi connectivity index (χ4n) is 3.27. The molecule has 6 nitrogen and oxygen atoms in total. The third-order valence-corrected chi connectivity index (χ3v) is 4.76. The predicted octanol–water partition coefficient (Wildman–Crippen LogP) is 3.07. The second kappa shape index (κ2) is 7.05. The van der Waals surface area contributed by atoms with Gasteiger partial charge in [-0.25, -0.2) is 4.68 Å². The van der Waals surface area contributed by atoms with E-state index in [0.29, 0.717) is 19.5 Å². The normalized spacial score (nSPS) is 20.5. The van der Waals surface area contributed by atoms with Gasteiger partial charge in [0.15, 0.2) is 5.69 Å². The molecule has 2 heterocycles. The molecule has 2 aromatic rings. The van der Waals surface area contributed by atoms with Gasteiger partial charge < -0.3 is 10.0 Å². The number of likely N-dealkylation sites (tertiary alicyclic amines) is 1. The van der Waals surface area contributed by atoms with Crippen LogP contribution in [0.25, 0.3) is 5.69 Å². The van der Waals surface area contributed by atoms with Crippen molar-refractivity contribution in [3.63, 3.8) is 0 Å². The van der Waals surface area contributed by atoms with Gasteiger partial charge in [0.25, 0.3) is 5.91 Å². The number of carboxylic acid groups (broad SMARTS) is 1. The molecule has 2 unspecified atom stereocenters. The maximum Gasteiger partial charge on any atom is 0.416 e. The number of hydrogen-bond donors (Lipinski definition) is 1. The van der Waals surface area contributed by atoms with Crippen molar-refractivity contribution in [1.29, 1.82) is 0 Å². The van der Waals surface area contributed by atoms with Crippen molar-refractivity contribution < 1.29 is 27.9 Å². The van der Waals surface area contributed by atoms with Gasteiger partial charge in [0.1, 0.15) is 0 Å². The molecule has 1 amide bonds. The maximum atomic E-state index is 12.9. The number of alkyl halides is 3. The highest BCUT2D eigenvalue weighted by Crippen LogP contribution is 2.30. The highest BCUT2D eigenvalue weighted by Gasteiger charge is 2.34. The van der Waals surface area contributed by atoms with E-state index < -0.39 is 23.6 Å². The number of carbonyl (C=O) groups is 2. The monoisotopic (exact) mass is 381 g/mol. The highest BCUT2D eigenvalue weighted by molar-refractivity contribution is 5.92. The van der Waals surface area contributed by atoms with Gasteiger partial charge in [-0.1, -0.05) is 13.0 Å². The van der Waals surface area contributed by atoms with E-state index in [1.165, 1.54) is 34.0 Å². The Morgan fingerprint density at radius 1 is 1.26 bits per heavy atom. The van der Waals surface area contributed by atoms with Gasteiger partial charge in [-0.3, -0.25) is 9.59 Å². The van der Waals surface area contributed by atoms with Crippen LogP contribution in [0.15, 0.2) is 36.5 Å². The topological polar surface area (TPSA) is 75.4 Å². The van der Waals surface area contributed by atoms with Gasteiger partial charge in [0.2, 0.25) is 0 Å². The molecular weight excluding hydrogens is 363 g/mol. The fraction of sp³-hybridized carbons (Fsp3) is 0.389. The van der Waals surface area contributed by atoms with Crippen LogP contribution in [0.2, 0.25) is 0 Å². The van der Waals surface area contributed by atoms with Crippen LogP contribution in [0.1, 0.15) is 29.4 Å². The molecule has 0 spiro atoms. The molecule has 0 aliphatic carbocycles. The van der Waals surface area contributed by atoms with E-state index in [1.807, 2.05) is 0 Å². The van der Waals surface area contributed by atoms with Crippen molar-refractivity contribution in [2.45, 2.75) is 19.5 Å². The minimum absolute atomic E-state index is 0.105. The van der Waals surface area contributed by atoms with Crippen molar-refractivity contribution in [1.82, 2.24) is 14.7 Å². The SMILES string of the molecule is CC1CN(C(=O)c2ccn(-c3cccc(C(F)(F)F)c3)n2)CCC1C(=O)O. The first-order valence-electron chi connectivity index (χ1n) is 8.42. The summed E-state index contributed by atoms with van der Waals surface area (Å²) >= 11 is 0. The molecule has 1 fully saturated rings. The van der Waals surface area contributed by atoms with Gasteiger partial charge in [0.05, 0.1) is 17.2 Å². The van der Waals surface area contributed by atoms with Crippen LogP contribution in [-0.2, 0) is 11.0 Å². The Balaban J connectivity index is 1.76. The first kappa shape index (κ1) is 18.9. The molecule has 3 rings (SSSR count). The zero-order valence-corrected chi connectivity index (χ0v) is 14.5. The fourth-order valence-corrected chi connectivity index (χ4v) is 3.27. The summed E-state index contributed by atoms with van der Waals surface area (Å²) in [6.45, 7) is 2.38. The lowest BCUT2D eigenvalue weighted by atomic mass is 9.87. The van der Waals surface area contributed by atoms with Gasteiger partial charge in [-0.2, -0.15) is 18.3 Å². The Morgan fingerprint density at radius 2 is 2.00 bits per heavy atom. The molecule has 1 N–H and O–H groups in total. The number of rotatable bonds is 3. The second-order valence-electron chi connectivity index (χ2n) is 6.66. The third-order valence-electron chi connectivity index (χ3n) is 4.76. The molecule has 1 aromatic heterocycles. The standard InChI is InChI=1S/C18H18F3N3O3/c1-11-10-23(7-5-14(11)17(26)27)16(25)15-6-8-24(22-15)13-4-2-3-12(9-13)18(19,20)21/h2-4,6,8-9,11,14H,5,7,10H2,1H3,(H,26,27). The zero-order valence-electron chi connectivity index (χ0n) is 14.5. The van der Waals surface area contributed by atoms with Gasteiger partial charge in [-0.05, 0) is 36.6 Å². The minimum atomic E-state index is -4.47. The Kier molecular flexibility index (Phi) is 4.95. The number of halogens is 3. The van der Waals surface area contributed by atoms with E-state index in [0.717, 1.165) is 12.1 Å². The van der Waals surface area contributed by atoms with E-state index in [-0.39, 0.29) is 23.2 Å². The van der Waals surface area contributed by atoms with E-state index in [1.54, 1.807) is 6.92 Å². The lowest BCUT2D eigenvalue weighted by Crippen LogP contribution is -2.45. The predicted molar refractivity (Wildman–Crippen MR) is 89.4 cm³/mol. The summed E-state index contributed by atoms with van der Waals surface area (Å²) in [5.41, 5.74) is -0.497. The lowest BCUT2D eigenvalue weighted by molar-refractivity contribution is -0.145. The van der Waals surface area contributed by atoms with E-state index in [9.17, 15) is 22.8 Å². The maximum absolute atomic E-state index is 12.9. The van der Waals surface area contributed by atoms with Crippen molar-refractivity contribution in [3.05, 3.63) is 47.8 Å². The molecule has 144 valence electrons. The van der Waals surface area contributed by atoms with Crippen molar-refractivity contribution in [3.8, 4) is 5.69 Å². The zero-order chi connectivity index (χ0) is 19.8.